The van der Waals surface area contributed by atoms with Crippen molar-refractivity contribution >= 4 is 5.91 Å². The van der Waals surface area contributed by atoms with Gasteiger partial charge in [-0.2, -0.15) is 0 Å². The molecule has 0 aromatic heterocycles. The van der Waals surface area contributed by atoms with Gasteiger partial charge >= 0.3 is 0 Å². The summed E-state index contributed by atoms with van der Waals surface area (Å²) in [5.41, 5.74) is 1.15. The number of nitrogens with zero attached hydrogens (tertiary/aromatic N) is 1. The smallest absolute Gasteiger partial charge is 0.226 e. The Bertz CT molecular complexity index is 459. The number of piperidine rings is 1. The van der Waals surface area contributed by atoms with Crippen LogP contribution in [0.1, 0.15) is 31.2 Å². The number of likely N-dealkylation sites (tertiary alicyclic amines) is 1. The first-order valence-corrected chi connectivity index (χ1v) is 7.77. The second-order valence-corrected chi connectivity index (χ2v) is 5.78. The third kappa shape index (κ3) is 5.05. The van der Waals surface area contributed by atoms with Crippen molar-refractivity contribution in [2.24, 2.45) is 5.92 Å². The third-order valence-corrected chi connectivity index (χ3v) is 3.98. The molecule has 1 aliphatic rings. The van der Waals surface area contributed by atoms with Gasteiger partial charge in [0, 0.05) is 19.7 Å². The molecule has 1 saturated heterocycles. The Morgan fingerprint density at radius 1 is 1.48 bits per heavy atom. The van der Waals surface area contributed by atoms with E-state index in [4.69, 9.17) is 9.84 Å². The van der Waals surface area contributed by atoms with E-state index >= 15 is 0 Å². The summed E-state index contributed by atoms with van der Waals surface area (Å²) in [6.07, 6.45) is 3.36. The number of carbonyl (C=O) groups excluding carboxylic acids is 1. The molecule has 0 bridgehead atoms. The highest BCUT2D eigenvalue weighted by Crippen LogP contribution is 2.20. The van der Waals surface area contributed by atoms with Gasteiger partial charge in [-0.1, -0.05) is 12.1 Å². The fourth-order valence-corrected chi connectivity index (χ4v) is 2.83. The maximum Gasteiger partial charge on any atom is 0.226 e. The highest BCUT2D eigenvalue weighted by molar-refractivity contribution is 5.76. The maximum atomic E-state index is 12.2. The predicted molar refractivity (Wildman–Crippen MR) is 82.3 cm³/mol. The number of aliphatic hydroxyl groups is 1. The standard InChI is InChI=1S/C17H25NO3/c1-14-4-2-6-16(12-14)21-11-8-17(20)18-9-3-5-15(13-18)7-10-19/h2,4,6,12,15,19H,3,5,7-11,13H2,1H3. The number of hydrogen-bond donors (Lipinski definition) is 1. The number of aliphatic hydroxyl groups excluding tert-OH is 1. The zero-order chi connectivity index (χ0) is 15.1. The summed E-state index contributed by atoms with van der Waals surface area (Å²) in [5.74, 6) is 1.43. The lowest BCUT2D eigenvalue weighted by Gasteiger charge is -2.32. The van der Waals surface area contributed by atoms with E-state index in [2.05, 4.69) is 0 Å². The first-order valence-electron chi connectivity index (χ1n) is 7.77. The molecule has 1 aliphatic heterocycles. The van der Waals surface area contributed by atoms with Crippen molar-refractivity contribution in [2.45, 2.75) is 32.6 Å². The SMILES string of the molecule is Cc1cccc(OCCC(=O)N2CCCC(CCO)C2)c1. The minimum Gasteiger partial charge on any atom is -0.493 e. The number of aryl methyl sites for hydroxylation is 1. The highest BCUT2D eigenvalue weighted by atomic mass is 16.5. The van der Waals surface area contributed by atoms with E-state index in [-0.39, 0.29) is 12.5 Å². The van der Waals surface area contributed by atoms with E-state index in [9.17, 15) is 4.79 Å². The van der Waals surface area contributed by atoms with Gasteiger partial charge in [0.05, 0.1) is 13.0 Å². The van der Waals surface area contributed by atoms with Crippen molar-refractivity contribution in [2.75, 3.05) is 26.3 Å². The summed E-state index contributed by atoms with van der Waals surface area (Å²) in [6, 6.07) is 7.86. The van der Waals surface area contributed by atoms with E-state index in [1.54, 1.807) is 0 Å². The first-order chi connectivity index (χ1) is 10.2. The van der Waals surface area contributed by atoms with Crippen LogP contribution in [0.4, 0.5) is 0 Å². The minimum absolute atomic E-state index is 0.158. The Balaban J connectivity index is 1.74. The molecule has 1 aromatic rings. The van der Waals surface area contributed by atoms with Gasteiger partial charge in [0.25, 0.3) is 0 Å². The van der Waals surface area contributed by atoms with Gasteiger partial charge in [-0.05, 0) is 49.8 Å². The predicted octanol–water partition coefficient (Wildman–Crippen LogP) is 2.38. The van der Waals surface area contributed by atoms with Crippen molar-refractivity contribution in [3.63, 3.8) is 0 Å². The first kappa shape index (κ1) is 15.8. The summed E-state index contributed by atoms with van der Waals surface area (Å²) in [7, 11) is 0. The lowest BCUT2D eigenvalue weighted by molar-refractivity contribution is -0.133. The number of benzene rings is 1. The number of carbonyl (C=O) groups is 1. The maximum absolute atomic E-state index is 12.2. The van der Waals surface area contributed by atoms with Crippen LogP contribution >= 0.6 is 0 Å². The Hall–Kier alpha value is -1.55. The molecule has 1 aromatic carbocycles. The van der Waals surface area contributed by atoms with Crippen molar-refractivity contribution in [3.8, 4) is 5.75 Å². The normalized spacial score (nSPS) is 18.6. The average Bonchev–Trinajstić information content (AvgIpc) is 2.48. The lowest BCUT2D eigenvalue weighted by Crippen LogP contribution is -2.40. The van der Waals surface area contributed by atoms with E-state index in [1.807, 2.05) is 36.1 Å². The molecule has 0 saturated carbocycles. The molecule has 21 heavy (non-hydrogen) atoms. The minimum atomic E-state index is 0.158. The van der Waals surface area contributed by atoms with Gasteiger partial charge in [0.1, 0.15) is 5.75 Å². The molecule has 2 rings (SSSR count). The van der Waals surface area contributed by atoms with Gasteiger partial charge in [-0.3, -0.25) is 4.79 Å². The molecule has 116 valence electrons. The third-order valence-electron chi connectivity index (χ3n) is 3.98. The van der Waals surface area contributed by atoms with Crippen LogP contribution in [0.25, 0.3) is 0 Å². The Morgan fingerprint density at radius 3 is 3.10 bits per heavy atom. The molecular weight excluding hydrogens is 266 g/mol. The molecule has 0 radical (unpaired) electrons. The van der Waals surface area contributed by atoms with Crippen LogP contribution in [0.5, 0.6) is 5.75 Å². The monoisotopic (exact) mass is 291 g/mol. The summed E-state index contributed by atoms with van der Waals surface area (Å²) >= 11 is 0. The number of hydrogen-bond acceptors (Lipinski definition) is 3. The Labute approximate surface area is 126 Å². The second-order valence-electron chi connectivity index (χ2n) is 5.78. The Kier molecular flexibility index (Phi) is 6.05. The fourth-order valence-electron chi connectivity index (χ4n) is 2.83. The molecule has 0 spiro atoms. The quantitative estimate of drug-likeness (QED) is 0.875. The topological polar surface area (TPSA) is 49.8 Å². The van der Waals surface area contributed by atoms with E-state index in [1.165, 1.54) is 0 Å². The molecular formula is C17H25NO3. The van der Waals surface area contributed by atoms with Gasteiger partial charge in [-0.25, -0.2) is 0 Å². The molecule has 1 fully saturated rings. The summed E-state index contributed by atoms with van der Waals surface area (Å²) in [5, 5.41) is 9.01. The van der Waals surface area contributed by atoms with Crippen molar-refractivity contribution in [3.05, 3.63) is 29.8 Å². The van der Waals surface area contributed by atoms with Gasteiger partial charge in [-0.15, -0.1) is 0 Å². The molecule has 0 aliphatic carbocycles. The zero-order valence-corrected chi connectivity index (χ0v) is 12.8. The highest BCUT2D eigenvalue weighted by Gasteiger charge is 2.22. The summed E-state index contributed by atoms with van der Waals surface area (Å²) in [4.78, 5) is 14.1. The van der Waals surface area contributed by atoms with E-state index in [0.717, 1.165) is 43.7 Å². The molecule has 1 N–H and O–H groups in total. The van der Waals surface area contributed by atoms with Crippen molar-refractivity contribution < 1.29 is 14.6 Å². The van der Waals surface area contributed by atoms with Gasteiger partial charge < -0.3 is 14.7 Å². The number of ether oxygens (including phenoxy) is 1. The molecule has 4 heteroatoms. The zero-order valence-electron chi connectivity index (χ0n) is 12.8. The van der Waals surface area contributed by atoms with Crippen LogP contribution in [-0.4, -0.2) is 42.2 Å². The summed E-state index contributed by atoms with van der Waals surface area (Å²) in [6.45, 7) is 4.27. The van der Waals surface area contributed by atoms with Gasteiger partial charge in [0.2, 0.25) is 5.91 Å². The lowest BCUT2D eigenvalue weighted by atomic mass is 9.95. The van der Waals surface area contributed by atoms with Crippen molar-refractivity contribution in [1.82, 2.24) is 4.90 Å². The largest absolute Gasteiger partial charge is 0.493 e. The van der Waals surface area contributed by atoms with E-state index in [0.29, 0.717) is 18.9 Å². The van der Waals surface area contributed by atoms with Crippen LogP contribution in [0, 0.1) is 12.8 Å². The van der Waals surface area contributed by atoms with Crippen LogP contribution in [0.2, 0.25) is 0 Å². The molecule has 1 amide bonds. The van der Waals surface area contributed by atoms with E-state index < -0.39 is 0 Å². The van der Waals surface area contributed by atoms with Crippen molar-refractivity contribution in [1.29, 1.82) is 0 Å². The van der Waals surface area contributed by atoms with Crippen LogP contribution < -0.4 is 4.74 Å². The molecule has 1 heterocycles. The summed E-state index contributed by atoms with van der Waals surface area (Å²) < 4.78 is 5.64. The van der Waals surface area contributed by atoms with Crippen LogP contribution in [0.3, 0.4) is 0 Å². The second kappa shape index (κ2) is 8.03. The number of rotatable bonds is 6. The number of amides is 1. The van der Waals surface area contributed by atoms with Crippen LogP contribution in [0.15, 0.2) is 24.3 Å². The van der Waals surface area contributed by atoms with Crippen LogP contribution in [-0.2, 0) is 4.79 Å². The molecule has 1 atom stereocenters. The molecule has 1 unspecified atom stereocenters. The molecule has 4 nitrogen and oxygen atoms in total. The fraction of sp³-hybridized carbons (Fsp3) is 0.588. The Morgan fingerprint density at radius 2 is 2.33 bits per heavy atom. The van der Waals surface area contributed by atoms with Gasteiger partial charge in [0.15, 0.2) is 0 Å². The average molecular weight is 291 g/mol.